The maximum Gasteiger partial charge on any atom is 0.573 e. The lowest BCUT2D eigenvalue weighted by atomic mass is 10.1. The number of nitrogens with zero attached hydrogens (tertiary/aromatic N) is 1. The first-order valence-corrected chi connectivity index (χ1v) is 10.5. The molecule has 1 heterocycles. The number of aromatic nitrogens is 1. The van der Waals surface area contributed by atoms with Gasteiger partial charge in [0.2, 0.25) is 5.91 Å². The number of carbonyl (C=O) groups excluding carboxylic acids is 2. The number of benzene rings is 2. The summed E-state index contributed by atoms with van der Waals surface area (Å²) in [7, 11) is 1.47. The minimum Gasteiger partial charge on any atom is -0.497 e. The van der Waals surface area contributed by atoms with Gasteiger partial charge in [-0.05, 0) is 55.0 Å². The highest BCUT2D eigenvalue weighted by molar-refractivity contribution is 6.05. The van der Waals surface area contributed by atoms with Gasteiger partial charge in [-0.3, -0.25) is 19.0 Å². The van der Waals surface area contributed by atoms with Crippen LogP contribution in [0.2, 0.25) is 0 Å². The van der Waals surface area contributed by atoms with Gasteiger partial charge in [-0.15, -0.1) is 13.2 Å². The van der Waals surface area contributed by atoms with Crippen molar-refractivity contribution in [1.82, 2.24) is 9.88 Å². The number of hydrogen-bond acceptors (Lipinski definition) is 5. The van der Waals surface area contributed by atoms with Crippen molar-refractivity contribution in [3.05, 3.63) is 59.3 Å². The van der Waals surface area contributed by atoms with E-state index in [1.807, 2.05) is 0 Å². The van der Waals surface area contributed by atoms with Crippen LogP contribution < -0.4 is 14.8 Å². The number of methoxy groups -OCH3 is 1. The van der Waals surface area contributed by atoms with Gasteiger partial charge in [0.15, 0.2) is 0 Å². The fourth-order valence-corrected chi connectivity index (χ4v) is 3.58. The average Bonchev–Trinajstić information content (AvgIpc) is 3.06. The van der Waals surface area contributed by atoms with Gasteiger partial charge >= 0.3 is 12.3 Å². The van der Waals surface area contributed by atoms with Crippen LogP contribution >= 0.6 is 0 Å². The third-order valence-electron chi connectivity index (χ3n) is 5.44. The van der Waals surface area contributed by atoms with E-state index in [0.717, 1.165) is 12.1 Å². The predicted molar refractivity (Wildman–Crippen MR) is 120 cm³/mol. The van der Waals surface area contributed by atoms with Gasteiger partial charge in [0.1, 0.15) is 11.5 Å². The molecule has 3 aromatic rings. The molecule has 1 aromatic heterocycles. The number of nitrogens with one attached hydrogen (secondary N) is 1. The van der Waals surface area contributed by atoms with Gasteiger partial charge in [-0.25, -0.2) is 0 Å². The molecule has 0 saturated heterocycles. The van der Waals surface area contributed by atoms with Crippen molar-refractivity contribution < 1.29 is 42.1 Å². The fourth-order valence-electron chi connectivity index (χ4n) is 3.58. The minimum absolute atomic E-state index is 0.0551. The number of carbonyl (C=O) groups is 3. The van der Waals surface area contributed by atoms with E-state index in [2.05, 4.69) is 10.1 Å². The van der Waals surface area contributed by atoms with Crippen molar-refractivity contribution in [2.24, 2.45) is 5.92 Å². The van der Waals surface area contributed by atoms with Gasteiger partial charge in [-0.2, -0.15) is 0 Å². The molecule has 0 fully saturated rings. The Bertz CT molecular complexity index is 1260. The molecule has 11 heteroatoms. The molecule has 2 aromatic carbocycles. The zero-order chi connectivity index (χ0) is 25.9. The number of halogens is 3. The molecule has 0 aliphatic carbocycles. The van der Waals surface area contributed by atoms with Crippen LogP contribution in [-0.2, 0) is 16.0 Å². The SMILES string of the molecule is COc1ccc2c(c1)c(CC(=O)NCC(C)C(=O)O)c(C)n2C(=O)c1ccc(OC(F)(F)F)cc1. The van der Waals surface area contributed by atoms with Gasteiger partial charge in [0.25, 0.3) is 5.91 Å². The van der Waals surface area contributed by atoms with Crippen LogP contribution in [-0.4, -0.2) is 47.5 Å². The normalized spacial score (nSPS) is 12.3. The van der Waals surface area contributed by atoms with E-state index in [0.29, 0.717) is 27.9 Å². The molecule has 0 spiro atoms. The third kappa shape index (κ3) is 5.92. The molecule has 0 radical (unpaired) electrons. The standard InChI is InChI=1S/C24H23F3N2O6/c1-13(23(32)33)12-28-21(30)11-18-14(2)29(20-9-8-17(34-3)10-19(18)20)22(31)15-4-6-16(7-5-15)35-24(25,26)27/h4-10,13H,11-12H2,1-3H3,(H,28,30)(H,32,33). The summed E-state index contributed by atoms with van der Waals surface area (Å²) in [4.78, 5) is 36.9. The Balaban J connectivity index is 1.97. The zero-order valence-electron chi connectivity index (χ0n) is 19.1. The number of fused-ring (bicyclic) bond motifs is 1. The number of amides is 1. The lowest BCUT2D eigenvalue weighted by Crippen LogP contribution is -2.32. The third-order valence-corrected chi connectivity index (χ3v) is 5.44. The molecular formula is C24H23F3N2O6. The van der Waals surface area contributed by atoms with E-state index in [-0.39, 0.29) is 18.5 Å². The largest absolute Gasteiger partial charge is 0.573 e. The molecule has 0 aliphatic rings. The van der Waals surface area contributed by atoms with Crippen LogP contribution in [0.5, 0.6) is 11.5 Å². The van der Waals surface area contributed by atoms with Gasteiger partial charge in [-0.1, -0.05) is 6.92 Å². The molecule has 0 bridgehead atoms. The van der Waals surface area contributed by atoms with Gasteiger partial charge in [0.05, 0.1) is 25.0 Å². The Morgan fingerprint density at radius 3 is 2.29 bits per heavy atom. The lowest BCUT2D eigenvalue weighted by Gasteiger charge is -2.11. The predicted octanol–water partition coefficient (Wildman–Crippen LogP) is 3.92. The summed E-state index contributed by atoms with van der Waals surface area (Å²) in [6.07, 6.45) is -4.98. The van der Waals surface area contributed by atoms with E-state index >= 15 is 0 Å². The summed E-state index contributed by atoms with van der Waals surface area (Å²) in [5.41, 5.74) is 1.58. The summed E-state index contributed by atoms with van der Waals surface area (Å²) >= 11 is 0. The molecule has 0 aliphatic heterocycles. The first-order chi connectivity index (χ1) is 16.4. The van der Waals surface area contributed by atoms with Crippen LogP contribution in [0.15, 0.2) is 42.5 Å². The second-order valence-electron chi connectivity index (χ2n) is 7.88. The summed E-state index contributed by atoms with van der Waals surface area (Å²) in [5.74, 6) is -2.71. The van der Waals surface area contributed by atoms with Crippen molar-refractivity contribution in [2.75, 3.05) is 13.7 Å². The van der Waals surface area contributed by atoms with Crippen molar-refractivity contribution in [3.8, 4) is 11.5 Å². The van der Waals surface area contributed by atoms with Crippen LogP contribution in [0, 0.1) is 12.8 Å². The van der Waals surface area contributed by atoms with Gasteiger partial charge in [0, 0.05) is 23.2 Å². The molecule has 3 rings (SSSR count). The van der Waals surface area contributed by atoms with Crippen molar-refractivity contribution >= 4 is 28.7 Å². The van der Waals surface area contributed by atoms with Gasteiger partial charge < -0.3 is 19.9 Å². The molecule has 8 nitrogen and oxygen atoms in total. The average molecular weight is 492 g/mol. The maximum atomic E-state index is 13.3. The molecule has 0 saturated carbocycles. The van der Waals surface area contributed by atoms with E-state index in [4.69, 9.17) is 9.84 Å². The number of carboxylic acid groups (broad SMARTS) is 1. The number of ether oxygens (including phenoxy) is 2. The first-order valence-electron chi connectivity index (χ1n) is 10.5. The lowest BCUT2D eigenvalue weighted by molar-refractivity contribution is -0.274. The summed E-state index contributed by atoms with van der Waals surface area (Å²) in [5, 5.41) is 12.2. The van der Waals surface area contributed by atoms with Crippen molar-refractivity contribution in [1.29, 1.82) is 0 Å². The molecule has 1 amide bonds. The summed E-state index contributed by atoms with van der Waals surface area (Å²) in [6, 6.07) is 9.49. The van der Waals surface area contributed by atoms with Crippen molar-refractivity contribution in [3.63, 3.8) is 0 Å². The Morgan fingerprint density at radius 2 is 1.71 bits per heavy atom. The first kappa shape index (κ1) is 25.6. The molecular weight excluding hydrogens is 469 g/mol. The molecule has 35 heavy (non-hydrogen) atoms. The molecule has 1 unspecified atom stereocenters. The quantitative estimate of drug-likeness (QED) is 0.494. The topological polar surface area (TPSA) is 107 Å². The molecule has 186 valence electrons. The number of rotatable bonds is 8. The Kier molecular flexibility index (Phi) is 7.37. The highest BCUT2D eigenvalue weighted by Gasteiger charge is 2.31. The Hall–Kier alpha value is -4.02. The Labute approximate surface area is 198 Å². The zero-order valence-corrected chi connectivity index (χ0v) is 19.1. The molecule has 2 N–H and O–H groups in total. The number of hydrogen-bond donors (Lipinski definition) is 2. The van der Waals surface area contributed by atoms with E-state index in [1.165, 1.54) is 30.7 Å². The second-order valence-corrected chi connectivity index (χ2v) is 7.88. The number of aliphatic carboxylic acids is 1. The minimum atomic E-state index is -4.85. The smallest absolute Gasteiger partial charge is 0.497 e. The summed E-state index contributed by atoms with van der Waals surface area (Å²) < 4.78 is 47.8. The van der Waals surface area contributed by atoms with E-state index < -0.39 is 35.8 Å². The van der Waals surface area contributed by atoms with Crippen LogP contribution in [0.3, 0.4) is 0 Å². The molecule has 1 atom stereocenters. The highest BCUT2D eigenvalue weighted by Crippen LogP contribution is 2.31. The number of carboxylic acids is 1. The van der Waals surface area contributed by atoms with Crippen LogP contribution in [0.1, 0.15) is 28.5 Å². The van der Waals surface area contributed by atoms with Crippen molar-refractivity contribution in [2.45, 2.75) is 26.6 Å². The number of alkyl halides is 3. The Morgan fingerprint density at radius 1 is 1.09 bits per heavy atom. The highest BCUT2D eigenvalue weighted by atomic mass is 19.4. The fraction of sp³-hybridized carbons (Fsp3) is 0.292. The second kappa shape index (κ2) is 10.1. The van der Waals surface area contributed by atoms with Crippen LogP contribution in [0.25, 0.3) is 10.9 Å². The monoisotopic (exact) mass is 492 g/mol. The van der Waals surface area contributed by atoms with E-state index in [9.17, 15) is 27.6 Å². The maximum absolute atomic E-state index is 13.3. The van der Waals surface area contributed by atoms with E-state index in [1.54, 1.807) is 25.1 Å². The van der Waals surface area contributed by atoms with Crippen LogP contribution in [0.4, 0.5) is 13.2 Å². The summed E-state index contributed by atoms with van der Waals surface area (Å²) in [6.45, 7) is 3.06.